The lowest BCUT2D eigenvalue weighted by Gasteiger charge is -2.13. The average molecular weight is 325 g/mol. The number of hydrogen-bond acceptors (Lipinski definition) is 5. The monoisotopic (exact) mass is 324 g/mol. The number of rotatable bonds is 5. The summed E-state index contributed by atoms with van der Waals surface area (Å²) in [6.07, 6.45) is 2.64. The van der Waals surface area contributed by atoms with E-state index in [1.807, 2.05) is 0 Å². The molecule has 0 bridgehead atoms. The van der Waals surface area contributed by atoms with Crippen LogP contribution in [-0.4, -0.2) is 26.7 Å². The minimum Gasteiger partial charge on any atom is -0.399 e. The molecule has 0 N–H and O–H groups in total. The summed E-state index contributed by atoms with van der Waals surface area (Å²) in [4.78, 5) is 8.72. The minimum atomic E-state index is -3.65. The molecule has 0 saturated carbocycles. The second-order valence-corrected chi connectivity index (χ2v) is 6.59. The van der Waals surface area contributed by atoms with Gasteiger partial charge in [-0.1, -0.05) is 41.0 Å². The Morgan fingerprint density at radius 1 is 1.24 bits per heavy atom. The fourth-order valence-electron chi connectivity index (χ4n) is 1.77. The maximum absolute atomic E-state index is 12.7. The highest BCUT2D eigenvalue weighted by Crippen LogP contribution is 2.27. The summed E-state index contributed by atoms with van der Waals surface area (Å²) >= 11 is 5.73. The van der Waals surface area contributed by atoms with E-state index in [2.05, 4.69) is 15.0 Å². The third kappa shape index (κ3) is 3.59. The average Bonchev–Trinajstić information content (AvgIpc) is 2.50. The van der Waals surface area contributed by atoms with E-state index in [9.17, 15) is 8.42 Å². The van der Waals surface area contributed by atoms with Gasteiger partial charge >= 0.3 is 0 Å². The molecule has 0 amide bonds. The molecule has 0 saturated heterocycles. The fourth-order valence-corrected chi connectivity index (χ4v) is 3.42. The Morgan fingerprint density at radius 3 is 2.52 bits per heavy atom. The highest BCUT2D eigenvalue weighted by Gasteiger charge is 2.28. The largest absolute Gasteiger partial charge is 0.399 e. The Morgan fingerprint density at radius 2 is 1.95 bits per heavy atom. The van der Waals surface area contributed by atoms with Crippen molar-refractivity contribution in [3.8, 4) is 0 Å². The summed E-state index contributed by atoms with van der Waals surface area (Å²) in [5.74, 6) is 0. The van der Waals surface area contributed by atoms with Crippen LogP contribution in [0.4, 0.5) is 0 Å². The Balaban J connectivity index is 2.50. The zero-order valence-electron chi connectivity index (χ0n) is 11.2. The van der Waals surface area contributed by atoms with Crippen molar-refractivity contribution >= 4 is 27.7 Å². The van der Waals surface area contributed by atoms with Gasteiger partial charge in [-0.15, -0.1) is 0 Å². The Bertz CT molecular complexity index is 716. The van der Waals surface area contributed by atoms with Crippen molar-refractivity contribution in [2.75, 3.05) is 7.11 Å². The van der Waals surface area contributed by atoms with Gasteiger partial charge in [0.15, 0.2) is 9.84 Å². The molecule has 0 aliphatic heterocycles. The highest BCUT2D eigenvalue weighted by atomic mass is 35.5. The smallest absolute Gasteiger partial charge is 0.190 e. The summed E-state index contributed by atoms with van der Waals surface area (Å²) in [6, 6.07) is 11.3. The SMILES string of the molecule is CO/N=C\[C@H](c1ccc(Cl)nc1)S(=O)(=O)c1ccccc1. The van der Waals surface area contributed by atoms with Crippen molar-refractivity contribution in [2.24, 2.45) is 5.16 Å². The topological polar surface area (TPSA) is 68.6 Å². The van der Waals surface area contributed by atoms with Gasteiger partial charge in [0.1, 0.15) is 17.5 Å². The molecule has 1 aromatic carbocycles. The van der Waals surface area contributed by atoms with Gasteiger partial charge in [0.2, 0.25) is 0 Å². The van der Waals surface area contributed by atoms with Gasteiger partial charge in [-0.05, 0) is 23.8 Å². The number of oxime groups is 1. The molecule has 2 aromatic rings. The van der Waals surface area contributed by atoms with Crippen molar-refractivity contribution in [3.63, 3.8) is 0 Å². The summed E-state index contributed by atoms with van der Waals surface area (Å²) in [5.41, 5.74) is 0.462. The van der Waals surface area contributed by atoms with Crippen molar-refractivity contribution in [1.29, 1.82) is 0 Å². The number of sulfone groups is 1. The fraction of sp³-hybridized carbons (Fsp3) is 0.143. The van der Waals surface area contributed by atoms with E-state index >= 15 is 0 Å². The van der Waals surface area contributed by atoms with Gasteiger partial charge in [-0.2, -0.15) is 0 Å². The lowest BCUT2D eigenvalue weighted by molar-refractivity contribution is 0.214. The molecule has 1 aromatic heterocycles. The number of pyridine rings is 1. The first-order chi connectivity index (χ1) is 10.1. The standard InChI is InChI=1S/C14H13ClN2O3S/c1-20-17-10-13(11-7-8-14(15)16-9-11)21(18,19)12-5-3-2-4-6-12/h2-10,13H,1H3/b17-10-/t13-/m1/s1. The van der Waals surface area contributed by atoms with Gasteiger partial charge in [0.05, 0.1) is 11.1 Å². The summed E-state index contributed by atoms with van der Waals surface area (Å²) in [5, 5.41) is 2.89. The van der Waals surface area contributed by atoms with Crippen LogP contribution in [0.3, 0.4) is 0 Å². The van der Waals surface area contributed by atoms with Gasteiger partial charge in [0, 0.05) is 6.20 Å². The first kappa shape index (κ1) is 15.5. The van der Waals surface area contributed by atoms with Crippen LogP contribution in [-0.2, 0) is 14.7 Å². The second-order valence-electron chi connectivity index (χ2n) is 4.13. The zero-order valence-corrected chi connectivity index (χ0v) is 12.8. The van der Waals surface area contributed by atoms with Crippen molar-refractivity contribution in [3.05, 3.63) is 59.4 Å². The molecule has 110 valence electrons. The molecule has 1 heterocycles. The summed E-state index contributed by atoms with van der Waals surface area (Å²) in [7, 11) is -2.30. The van der Waals surface area contributed by atoms with E-state index in [1.165, 1.54) is 37.7 Å². The molecule has 0 aliphatic carbocycles. The van der Waals surface area contributed by atoms with Crippen LogP contribution in [0.5, 0.6) is 0 Å². The van der Waals surface area contributed by atoms with Crippen LogP contribution in [0.2, 0.25) is 5.15 Å². The van der Waals surface area contributed by atoms with Crippen molar-refractivity contribution in [1.82, 2.24) is 4.98 Å². The Hall–Kier alpha value is -1.92. The molecular weight excluding hydrogens is 312 g/mol. The van der Waals surface area contributed by atoms with Crippen LogP contribution in [0, 0.1) is 0 Å². The van der Waals surface area contributed by atoms with Crippen LogP contribution in [0.25, 0.3) is 0 Å². The predicted molar refractivity (Wildman–Crippen MR) is 81.1 cm³/mol. The maximum atomic E-state index is 12.7. The Kier molecular flexibility index (Phi) is 4.93. The quantitative estimate of drug-likeness (QED) is 0.482. The molecule has 0 aliphatic rings. The summed E-state index contributed by atoms with van der Waals surface area (Å²) in [6.45, 7) is 0. The normalized spacial score (nSPS) is 13.2. The molecule has 0 radical (unpaired) electrons. The van der Waals surface area contributed by atoms with Gasteiger partial charge < -0.3 is 4.84 Å². The molecule has 5 nitrogen and oxygen atoms in total. The number of benzene rings is 1. The van der Waals surface area contributed by atoms with E-state index in [-0.39, 0.29) is 4.90 Å². The number of nitrogens with zero attached hydrogens (tertiary/aromatic N) is 2. The van der Waals surface area contributed by atoms with Crippen molar-refractivity contribution < 1.29 is 13.3 Å². The lowest BCUT2D eigenvalue weighted by Crippen LogP contribution is -2.15. The van der Waals surface area contributed by atoms with Crippen LogP contribution in [0.1, 0.15) is 10.8 Å². The van der Waals surface area contributed by atoms with Crippen LogP contribution in [0.15, 0.2) is 58.7 Å². The lowest BCUT2D eigenvalue weighted by atomic mass is 10.2. The van der Waals surface area contributed by atoms with E-state index in [0.717, 1.165) is 0 Å². The van der Waals surface area contributed by atoms with Gasteiger partial charge in [-0.3, -0.25) is 0 Å². The van der Waals surface area contributed by atoms with E-state index in [0.29, 0.717) is 10.7 Å². The zero-order chi connectivity index (χ0) is 15.3. The molecule has 0 spiro atoms. The van der Waals surface area contributed by atoms with Crippen LogP contribution < -0.4 is 0 Å². The van der Waals surface area contributed by atoms with Gasteiger partial charge in [0.25, 0.3) is 0 Å². The molecule has 1 atom stereocenters. The molecular formula is C14H13ClN2O3S. The molecule has 21 heavy (non-hydrogen) atoms. The molecule has 2 rings (SSSR count). The molecule has 0 unspecified atom stereocenters. The van der Waals surface area contributed by atoms with Gasteiger partial charge in [-0.25, -0.2) is 13.4 Å². The first-order valence-corrected chi connectivity index (χ1v) is 7.95. The van der Waals surface area contributed by atoms with Crippen molar-refractivity contribution in [2.45, 2.75) is 10.1 Å². The van der Waals surface area contributed by atoms with E-state index < -0.39 is 15.1 Å². The predicted octanol–water partition coefficient (Wildman–Crippen LogP) is 2.88. The first-order valence-electron chi connectivity index (χ1n) is 6.03. The van der Waals surface area contributed by atoms with E-state index in [4.69, 9.17) is 11.6 Å². The minimum absolute atomic E-state index is 0.201. The number of hydrogen-bond donors (Lipinski definition) is 0. The number of halogens is 1. The highest BCUT2D eigenvalue weighted by molar-refractivity contribution is 7.92. The van der Waals surface area contributed by atoms with Crippen LogP contribution >= 0.6 is 11.6 Å². The Labute approximate surface area is 128 Å². The summed E-state index contributed by atoms with van der Waals surface area (Å²) < 4.78 is 25.4. The third-order valence-electron chi connectivity index (χ3n) is 2.79. The second kappa shape index (κ2) is 6.69. The third-order valence-corrected chi connectivity index (χ3v) is 5.00. The molecule has 0 fully saturated rings. The van der Waals surface area contributed by atoms with E-state index in [1.54, 1.807) is 24.3 Å². The number of aromatic nitrogens is 1. The maximum Gasteiger partial charge on any atom is 0.190 e. The molecule has 7 heteroatoms.